The van der Waals surface area contributed by atoms with Crippen molar-refractivity contribution in [3.8, 4) is 0 Å². The summed E-state index contributed by atoms with van der Waals surface area (Å²) in [7, 11) is 3.86. The van der Waals surface area contributed by atoms with Crippen molar-refractivity contribution < 1.29 is 9.59 Å². The van der Waals surface area contributed by atoms with Crippen molar-refractivity contribution in [2.75, 3.05) is 6.54 Å². The van der Waals surface area contributed by atoms with Gasteiger partial charge in [-0.2, -0.15) is 0 Å². The third kappa shape index (κ3) is 3.03. The molecular weight excluding hydrogens is 302 g/mol. The molecule has 1 aliphatic rings. The predicted molar refractivity (Wildman–Crippen MR) is 93.1 cm³/mol. The molecule has 3 rings (SSSR count). The van der Waals surface area contributed by atoms with E-state index in [0.717, 1.165) is 32.2 Å². The normalized spacial score (nSPS) is 18.5. The second-order valence-electron chi connectivity index (χ2n) is 6.69. The summed E-state index contributed by atoms with van der Waals surface area (Å²) in [6.07, 6.45) is 8.05. The van der Waals surface area contributed by atoms with Crippen molar-refractivity contribution >= 4 is 11.7 Å². The van der Waals surface area contributed by atoms with Crippen molar-refractivity contribution in [2.24, 2.45) is 14.1 Å². The van der Waals surface area contributed by atoms with Crippen LogP contribution in [0.4, 0.5) is 0 Å². The van der Waals surface area contributed by atoms with E-state index in [4.69, 9.17) is 0 Å². The van der Waals surface area contributed by atoms with E-state index in [1.807, 2.05) is 31.3 Å². The highest BCUT2D eigenvalue weighted by Crippen LogP contribution is 2.31. The van der Waals surface area contributed by atoms with Crippen LogP contribution < -0.4 is 0 Å². The molecule has 1 fully saturated rings. The molecule has 1 atom stereocenters. The van der Waals surface area contributed by atoms with Crippen LogP contribution in [0.5, 0.6) is 0 Å². The molecule has 0 bridgehead atoms. The molecular formula is C19H25N3O2. The molecule has 2 aromatic heterocycles. The topological polar surface area (TPSA) is 47.2 Å². The number of carbonyl (C=O) groups excluding carboxylic acids is 2. The average Bonchev–Trinajstić information content (AvgIpc) is 3.05. The standard InChI is InChI=1S/C19H25N3O2/c1-14(23)15-12-18(21(3)13-15)19(24)22-11-6-4-5-8-17(22)16-9-7-10-20(16)2/h7,9-10,12-13,17H,4-6,8,11H2,1-3H3. The quantitative estimate of drug-likeness (QED) is 0.812. The van der Waals surface area contributed by atoms with Crippen molar-refractivity contribution in [3.05, 3.63) is 47.5 Å². The Kier molecular flexibility index (Phi) is 4.60. The number of likely N-dealkylation sites (tertiary alicyclic amines) is 1. The lowest BCUT2D eigenvalue weighted by Gasteiger charge is -2.30. The molecule has 24 heavy (non-hydrogen) atoms. The van der Waals surface area contributed by atoms with Crippen LogP contribution in [0.2, 0.25) is 0 Å². The molecule has 1 saturated heterocycles. The number of Topliss-reactive ketones (excluding diaryl/α,β-unsaturated/α-hetero) is 1. The molecule has 1 unspecified atom stereocenters. The highest BCUT2D eigenvalue weighted by atomic mass is 16.2. The van der Waals surface area contributed by atoms with Crippen LogP contribution in [0, 0.1) is 0 Å². The van der Waals surface area contributed by atoms with Crippen molar-refractivity contribution in [3.63, 3.8) is 0 Å². The van der Waals surface area contributed by atoms with Crippen molar-refractivity contribution in [1.29, 1.82) is 0 Å². The van der Waals surface area contributed by atoms with Gasteiger partial charge in [0, 0.05) is 44.3 Å². The number of amides is 1. The third-order valence-electron chi connectivity index (χ3n) is 4.97. The highest BCUT2D eigenvalue weighted by Gasteiger charge is 2.30. The smallest absolute Gasteiger partial charge is 0.271 e. The van der Waals surface area contributed by atoms with E-state index in [2.05, 4.69) is 10.6 Å². The van der Waals surface area contributed by atoms with Gasteiger partial charge in [0.25, 0.3) is 5.91 Å². The molecule has 1 aliphatic heterocycles. The summed E-state index contributed by atoms with van der Waals surface area (Å²) in [5, 5.41) is 0. The first kappa shape index (κ1) is 16.6. The van der Waals surface area contributed by atoms with Gasteiger partial charge in [-0.25, -0.2) is 0 Å². The maximum Gasteiger partial charge on any atom is 0.271 e. The van der Waals surface area contributed by atoms with Crippen molar-refractivity contribution in [2.45, 2.75) is 38.6 Å². The predicted octanol–water partition coefficient (Wildman–Crippen LogP) is 3.32. The third-order valence-corrected chi connectivity index (χ3v) is 4.97. The maximum atomic E-state index is 13.2. The Morgan fingerprint density at radius 1 is 1.12 bits per heavy atom. The number of carbonyl (C=O) groups is 2. The first-order chi connectivity index (χ1) is 11.5. The lowest BCUT2D eigenvalue weighted by atomic mass is 10.1. The minimum atomic E-state index is -0.0144. The Labute approximate surface area is 142 Å². The van der Waals surface area contributed by atoms with Gasteiger partial charge in [0.05, 0.1) is 6.04 Å². The number of aryl methyl sites for hydroxylation is 2. The average molecular weight is 327 g/mol. The number of nitrogens with zero attached hydrogens (tertiary/aromatic N) is 3. The molecule has 0 saturated carbocycles. The molecule has 1 amide bonds. The Bertz CT molecular complexity index is 757. The van der Waals surface area contributed by atoms with Gasteiger partial charge >= 0.3 is 0 Å². The Hall–Kier alpha value is -2.30. The Morgan fingerprint density at radius 3 is 2.54 bits per heavy atom. The fourth-order valence-electron chi connectivity index (χ4n) is 3.60. The Morgan fingerprint density at radius 2 is 1.92 bits per heavy atom. The molecule has 2 aromatic rings. The van der Waals surface area contributed by atoms with Crippen LogP contribution >= 0.6 is 0 Å². The summed E-state index contributed by atoms with van der Waals surface area (Å²) in [6.45, 7) is 2.29. The molecule has 0 radical (unpaired) electrons. The molecule has 5 heteroatoms. The van der Waals surface area contributed by atoms with Crippen LogP contribution in [0.25, 0.3) is 0 Å². The second kappa shape index (κ2) is 6.67. The summed E-state index contributed by atoms with van der Waals surface area (Å²) < 4.78 is 3.87. The first-order valence-corrected chi connectivity index (χ1v) is 8.58. The minimum Gasteiger partial charge on any atom is -0.353 e. The monoisotopic (exact) mass is 327 g/mol. The fraction of sp³-hybridized carbons (Fsp3) is 0.474. The van der Waals surface area contributed by atoms with Gasteiger partial charge < -0.3 is 14.0 Å². The van der Waals surface area contributed by atoms with Crippen LogP contribution in [-0.4, -0.2) is 32.3 Å². The van der Waals surface area contributed by atoms with E-state index in [0.29, 0.717) is 11.3 Å². The van der Waals surface area contributed by atoms with Gasteiger partial charge in [0.1, 0.15) is 5.69 Å². The van der Waals surface area contributed by atoms with Gasteiger partial charge in [-0.1, -0.05) is 12.8 Å². The molecule has 0 N–H and O–H groups in total. The van der Waals surface area contributed by atoms with E-state index in [1.165, 1.54) is 12.6 Å². The second-order valence-corrected chi connectivity index (χ2v) is 6.69. The molecule has 128 valence electrons. The van der Waals surface area contributed by atoms with Gasteiger partial charge in [-0.05, 0) is 38.0 Å². The van der Waals surface area contributed by atoms with E-state index < -0.39 is 0 Å². The van der Waals surface area contributed by atoms with E-state index in [-0.39, 0.29) is 17.7 Å². The summed E-state index contributed by atoms with van der Waals surface area (Å²) >= 11 is 0. The lowest BCUT2D eigenvalue weighted by Crippen LogP contribution is -2.36. The largest absolute Gasteiger partial charge is 0.353 e. The highest BCUT2D eigenvalue weighted by molar-refractivity contribution is 5.99. The van der Waals surface area contributed by atoms with Crippen LogP contribution in [0.1, 0.15) is 65.2 Å². The fourth-order valence-corrected chi connectivity index (χ4v) is 3.60. The summed E-state index contributed by atoms with van der Waals surface area (Å²) in [6, 6.07) is 5.94. The van der Waals surface area contributed by atoms with E-state index in [9.17, 15) is 9.59 Å². The number of hydrogen-bond donors (Lipinski definition) is 0. The zero-order valence-corrected chi connectivity index (χ0v) is 14.7. The molecule has 0 spiro atoms. The number of rotatable bonds is 3. The lowest BCUT2D eigenvalue weighted by molar-refractivity contribution is 0.0664. The van der Waals surface area contributed by atoms with Crippen LogP contribution in [0.3, 0.4) is 0 Å². The molecule has 0 aliphatic carbocycles. The first-order valence-electron chi connectivity index (χ1n) is 8.58. The van der Waals surface area contributed by atoms with Gasteiger partial charge in [-0.3, -0.25) is 9.59 Å². The van der Waals surface area contributed by atoms with E-state index in [1.54, 1.807) is 16.8 Å². The van der Waals surface area contributed by atoms with E-state index >= 15 is 0 Å². The van der Waals surface area contributed by atoms with Gasteiger partial charge in [0.15, 0.2) is 5.78 Å². The van der Waals surface area contributed by atoms with Crippen molar-refractivity contribution in [1.82, 2.24) is 14.0 Å². The van der Waals surface area contributed by atoms with Gasteiger partial charge in [0.2, 0.25) is 0 Å². The molecule has 0 aromatic carbocycles. The van der Waals surface area contributed by atoms with Gasteiger partial charge in [-0.15, -0.1) is 0 Å². The maximum absolute atomic E-state index is 13.2. The zero-order valence-electron chi connectivity index (χ0n) is 14.7. The SMILES string of the molecule is CC(=O)c1cc(C(=O)N2CCCCCC2c2cccn2C)n(C)c1. The Balaban J connectivity index is 1.96. The molecule has 5 nitrogen and oxygen atoms in total. The minimum absolute atomic E-state index is 0.0121. The zero-order chi connectivity index (χ0) is 17.3. The number of aromatic nitrogens is 2. The number of ketones is 1. The molecule has 3 heterocycles. The number of hydrogen-bond acceptors (Lipinski definition) is 2. The van der Waals surface area contributed by atoms with Crippen LogP contribution in [-0.2, 0) is 14.1 Å². The summed E-state index contributed by atoms with van der Waals surface area (Å²) in [5.74, 6) is -0.00222. The summed E-state index contributed by atoms with van der Waals surface area (Å²) in [4.78, 5) is 26.8. The van der Waals surface area contributed by atoms with Crippen LogP contribution in [0.15, 0.2) is 30.6 Å². The summed E-state index contributed by atoms with van der Waals surface area (Å²) in [5.41, 5.74) is 2.35.